The van der Waals surface area contributed by atoms with Crippen molar-refractivity contribution in [2.24, 2.45) is 11.0 Å². The molecule has 3 rings (SSSR count). The standard InChI is InChI=1S/C27H25BrCl3N3O3/c1-16(2)11-24(33-26(35)17-3-7-21(29)8-4-17)27(36)34-32-14-19-12-20(28)6-10-25(19)37-15-18-5-9-22(30)13-23(18)31/h3-10,12-14,16,24H,11,15H2,1-2H3,(H,33,35)(H,34,36). The molecular weight excluding hydrogens is 601 g/mol. The Labute approximate surface area is 239 Å². The van der Waals surface area contributed by atoms with Crippen LogP contribution in [0.1, 0.15) is 41.8 Å². The van der Waals surface area contributed by atoms with E-state index in [1.165, 1.54) is 6.21 Å². The molecule has 37 heavy (non-hydrogen) atoms. The van der Waals surface area contributed by atoms with Crippen LogP contribution >= 0.6 is 50.7 Å². The summed E-state index contributed by atoms with van der Waals surface area (Å²) in [6, 6.07) is 16.3. The molecule has 0 spiro atoms. The second-order valence-electron chi connectivity index (χ2n) is 8.60. The molecule has 0 aliphatic rings. The van der Waals surface area contributed by atoms with E-state index in [2.05, 4.69) is 31.8 Å². The number of nitrogens with zero attached hydrogens (tertiary/aromatic N) is 1. The van der Waals surface area contributed by atoms with Crippen LogP contribution in [0.25, 0.3) is 0 Å². The van der Waals surface area contributed by atoms with Crippen LogP contribution in [-0.2, 0) is 11.4 Å². The zero-order chi connectivity index (χ0) is 26.9. The van der Waals surface area contributed by atoms with Crippen LogP contribution in [0.5, 0.6) is 5.75 Å². The Hall–Kier alpha value is -2.58. The fourth-order valence-electron chi connectivity index (χ4n) is 3.34. The van der Waals surface area contributed by atoms with Gasteiger partial charge in [-0.05, 0) is 66.9 Å². The van der Waals surface area contributed by atoms with Crippen LogP contribution < -0.4 is 15.5 Å². The fourth-order valence-corrected chi connectivity index (χ4v) is 4.30. The van der Waals surface area contributed by atoms with Gasteiger partial charge in [0.1, 0.15) is 18.4 Å². The normalized spacial score (nSPS) is 12.0. The lowest BCUT2D eigenvalue weighted by Gasteiger charge is -2.19. The highest BCUT2D eigenvalue weighted by Gasteiger charge is 2.22. The highest BCUT2D eigenvalue weighted by molar-refractivity contribution is 9.10. The molecule has 3 aromatic rings. The molecule has 0 aliphatic carbocycles. The monoisotopic (exact) mass is 623 g/mol. The molecule has 194 valence electrons. The lowest BCUT2D eigenvalue weighted by molar-refractivity contribution is -0.123. The average molecular weight is 626 g/mol. The lowest BCUT2D eigenvalue weighted by atomic mass is 10.0. The highest BCUT2D eigenvalue weighted by Crippen LogP contribution is 2.26. The van der Waals surface area contributed by atoms with E-state index in [-0.39, 0.29) is 18.4 Å². The smallest absolute Gasteiger partial charge is 0.262 e. The molecule has 0 fully saturated rings. The second kappa shape index (κ2) is 13.8. The van der Waals surface area contributed by atoms with Gasteiger partial charge in [0, 0.05) is 36.2 Å². The molecule has 2 N–H and O–H groups in total. The van der Waals surface area contributed by atoms with E-state index >= 15 is 0 Å². The number of halogens is 4. The van der Waals surface area contributed by atoms with Crippen LogP contribution in [-0.4, -0.2) is 24.1 Å². The van der Waals surface area contributed by atoms with Gasteiger partial charge < -0.3 is 10.1 Å². The highest BCUT2D eigenvalue weighted by atomic mass is 79.9. The first-order valence-electron chi connectivity index (χ1n) is 11.4. The summed E-state index contributed by atoms with van der Waals surface area (Å²) in [6.07, 6.45) is 1.92. The molecule has 0 heterocycles. The summed E-state index contributed by atoms with van der Waals surface area (Å²) in [5, 5.41) is 8.46. The maximum Gasteiger partial charge on any atom is 0.262 e. The van der Waals surface area contributed by atoms with E-state index in [9.17, 15) is 9.59 Å². The molecule has 2 amide bonds. The van der Waals surface area contributed by atoms with Crippen LogP contribution in [0.15, 0.2) is 70.2 Å². The van der Waals surface area contributed by atoms with E-state index in [1.807, 2.05) is 26.0 Å². The fraction of sp³-hybridized carbons (Fsp3) is 0.222. The number of hydrazone groups is 1. The maximum absolute atomic E-state index is 12.9. The number of benzene rings is 3. The van der Waals surface area contributed by atoms with Crippen molar-refractivity contribution in [3.63, 3.8) is 0 Å². The zero-order valence-electron chi connectivity index (χ0n) is 20.1. The van der Waals surface area contributed by atoms with Gasteiger partial charge in [0.15, 0.2) is 0 Å². The van der Waals surface area contributed by atoms with Gasteiger partial charge in [0.25, 0.3) is 11.8 Å². The molecule has 1 atom stereocenters. The summed E-state index contributed by atoms with van der Waals surface area (Å²) >= 11 is 21.5. The lowest BCUT2D eigenvalue weighted by Crippen LogP contribution is -2.46. The quantitative estimate of drug-likeness (QED) is 0.184. The molecule has 1 unspecified atom stereocenters. The molecule has 3 aromatic carbocycles. The molecule has 6 nitrogen and oxygen atoms in total. The molecule has 0 saturated heterocycles. The summed E-state index contributed by atoms with van der Waals surface area (Å²) in [4.78, 5) is 25.5. The Morgan fingerprint density at radius 2 is 1.70 bits per heavy atom. The predicted octanol–water partition coefficient (Wildman–Crippen LogP) is 7.28. The van der Waals surface area contributed by atoms with E-state index in [0.717, 1.165) is 10.0 Å². The van der Waals surface area contributed by atoms with Gasteiger partial charge >= 0.3 is 0 Å². The number of carbonyl (C=O) groups excluding carboxylic acids is 2. The Kier molecular flexibility index (Phi) is 10.8. The number of hydrogen-bond donors (Lipinski definition) is 2. The number of ether oxygens (including phenoxy) is 1. The van der Waals surface area contributed by atoms with Crippen LogP contribution in [0.2, 0.25) is 15.1 Å². The molecule has 0 aromatic heterocycles. The first-order chi connectivity index (χ1) is 17.6. The second-order valence-corrected chi connectivity index (χ2v) is 10.8. The Balaban J connectivity index is 1.68. The summed E-state index contributed by atoms with van der Waals surface area (Å²) in [7, 11) is 0. The third kappa shape index (κ3) is 9.04. The number of nitrogens with one attached hydrogen (secondary N) is 2. The average Bonchev–Trinajstić information content (AvgIpc) is 2.84. The van der Waals surface area contributed by atoms with Crippen LogP contribution in [0.4, 0.5) is 0 Å². The first kappa shape index (κ1) is 29.0. The minimum absolute atomic E-state index is 0.162. The van der Waals surface area contributed by atoms with Gasteiger partial charge in [-0.25, -0.2) is 5.43 Å². The van der Waals surface area contributed by atoms with Crippen molar-refractivity contribution in [3.05, 3.63) is 96.9 Å². The summed E-state index contributed by atoms with van der Waals surface area (Å²) in [5.41, 5.74) is 4.34. The van der Waals surface area contributed by atoms with Crippen molar-refractivity contribution in [1.29, 1.82) is 0 Å². The number of rotatable bonds is 10. The van der Waals surface area contributed by atoms with Crippen molar-refractivity contribution in [3.8, 4) is 5.75 Å². The largest absolute Gasteiger partial charge is 0.488 e. The van der Waals surface area contributed by atoms with Crippen molar-refractivity contribution in [1.82, 2.24) is 10.7 Å². The van der Waals surface area contributed by atoms with Gasteiger partial charge in [-0.1, -0.05) is 70.6 Å². The van der Waals surface area contributed by atoms with E-state index in [1.54, 1.807) is 48.5 Å². The molecule has 0 bridgehead atoms. The summed E-state index contributed by atoms with van der Waals surface area (Å²) in [5.74, 6) is -0.0975. The maximum atomic E-state index is 12.9. The van der Waals surface area contributed by atoms with Crippen molar-refractivity contribution in [2.45, 2.75) is 32.9 Å². The third-order valence-corrected chi connectivity index (χ3v) is 6.52. The van der Waals surface area contributed by atoms with Crippen molar-refractivity contribution < 1.29 is 14.3 Å². The minimum atomic E-state index is -0.773. The summed E-state index contributed by atoms with van der Waals surface area (Å²) < 4.78 is 6.76. The molecule has 0 radical (unpaired) electrons. The Morgan fingerprint density at radius 3 is 2.38 bits per heavy atom. The van der Waals surface area contributed by atoms with Gasteiger partial charge in [0.2, 0.25) is 0 Å². The van der Waals surface area contributed by atoms with Crippen molar-refractivity contribution >= 4 is 68.8 Å². The predicted molar refractivity (Wildman–Crippen MR) is 153 cm³/mol. The van der Waals surface area contributed by atoms with Gasteiger partial charge in [0.05, 0.1) is 6.21 Å². The van der Waals surface area contributed by atoms with E-state index in [0.29, 0.717) is 38.4 Å². The minimum Gasteiger partial charge on any atom is -0.488 e. The van der Waals surface area contributed by atoms with E-state index in [4.69, 9.17) is 39.5 Å². The Morgan fingerprint density at radius 1 is 1.00 bits per heavy atom. The SMILES string of the molecule is CC(C)CC(NC(=O)c1ccc(Cl)cc1)C(=O)NN=Cc1cc(Br)ccc1OCc1ccc(Cl)cc1Cl. The third-order valence-electron chi connectivity index (χ3n) is 5.18. The number of amides is 2. The Bertz CT molecular complexity index is 1280. The van der Waals surface area contributed by atoms with Gasteiger partial charge in [-0.3, -0.25) is 9.59 Å². The molecule has 0 aliphatic heterocycles. The molecular formula is C27H25BrCl3N3O3. The number of carbonyl (C=O) groups is 2. The molecule has 10 heteroatoms. The van der Waals surface area contributed by atoms with Gasteiger partial charge in [-0.2, -0.15) is 5.10 Å². The van der Waals surface area contributed by atoms with Crippen LogP contribution in [0.3, 0.4) is 0 Å². The van der Waals surface area contributed by atoms with Crippen LogP contribution in [0, 0.1) is 5.92 Å². The summed E-state index contributed by atoms with van der Waals surface area (Å²) in [6.45, 7) is 4.16. The topological polar surface area (TPSA) is 79.8 Å². The molecule has 0 saturated carbocycles. The van der Waals surface area contributed by atoms with Gasteiger partial charge in [-0.15, -0.1) is 0 Å². The first-order valence-corrected chi connectivity index (χ1v) is 13.3. The number of hydrogen-bond acceptors (Lipinski definition) is 4. The van der Waals surface area contributed by atoms with E-state index < -0.39 is 11.9 Å². The zero-order valence-corrected chi connectivity index (χ0v) is 24.0. The van der Waals surface area contributed by atoms with Crippen molar-refractivity contribution in [2.75, 3.05) is 0 Å².